The standard InChI is InChI=1S/C17H24N2O.C2HF3O2/c1-18-12-5-9-17(11-13-18)10-8-16(20)19(17)14-15-6-3-2-4-7-15;3-2(4,5)1(6)7/h2-4,6-7H,5,8-14H2,1H3;(H,6,7). The maximum atomic E-state index is 12.4. The van der Waals surface area contributed by atoms with E-state index in [1.807, 2.05) is 6.07 Å². The lowest BCUT2D eigenvalue weighted by Crippen LogP contribution is -2.45. The van der Waals surface area contributed by atoms with Gasteiger partial charge in [0.25, 0.3) is 0 Å². The van der Waals surface area contributed by atoms with Crippen LogP contribution in [0.25, 0.3) is 0 Å². The average Bonchev–Trinajstić information content (AvgIpc) is 2.78. The van der Waals surface area contributed by atoms with E-state index in [0.717, 1.165) is 45.3 Å². The van der Waals surface area contributed by atoms with E-state index in [1.165, 1.54) is 12.0 Å². The van der Waals surface area contributed by atoms with Crippen molar-refractivity contribution in [3.05, 3.63) is 35.9 Å². The maximum absolute atomic E-state index is 12.4. The fourth-order valence-electron chi connectivity index (χ4n) is 3.73. The Morgan fingerprint density at radius 1 is 1.15 bits per heavy atom. The number of nitrogens with zero attached hydrogens (tertiary/aromatic N) is 2. The van der Waals surface area contributed by atoms with Crippen molar-refractivity contribution in [3.63, 3.8) is 0 Å². The first kappa shape index (κ1) is 21.2. The van der Waals surface area contributed by atoms with Crippen LogP contribution in [0.1, 0.15) is 37.7 Å². The molecule has 3 rings (SSSR count). The number of carbonyl (C=O) groups excluding carboxylic acids is 1. The molecule has 0 saturated carbocycles. The molecule has 1 atom stereocenters. The Balaban J connectivity index is 0.000000321. The van der Waals surface area contributed by atoms with E-state index in [0.29, 0.717) is 5.91 Å². The minimum atomic E-state index is -5.08. The van der Waals surface area contributed by atoms with E-state index in [9.17, 15) is 18.0 Å². The molecule has 1 spiro atoms. The number of carboxylic acid groups (broad SMARTS) is 1. The molecule has 0 radical (unpaired) electrons. The topological polar surface area (TPSA) is 60.9 Å². The van der Waals surface area contributed by atoms with Crippen molar-refractivity contribution in [3.8, 4) is 0 Å². The smallest absolute Gasteiger partial charge is 0.475 e. The zero-order valence-corrected chi connectivity index (χ0v) is 15.3. The number of amides is 1. The lowest BCUT2D eigenvalue weighted by atomic mass is 9.87. The number of aliphatic carboxylic acids is 1. The van der Waals surface area contributed by atoms with Gasteiger partial charge in [0, 0.05) is 25.0 Å². The fourth-order valence-corrected chi connectivity index (χ4v) is 3.73. The van der Waals surface area contributed by atoms with Crippen LogP contribution in [-0.2, 0) is 16.1 Å². The molecule has 150 valence electrons. The summed E-state index contributed by atoms with van der Waals surface area (Å²) in [5.41, 5.74) is 1.37. The van der Waals surface area contributed by atoms with Gasteiger partial charge in [0.05, 0.1) is 0 Å². The Kier molecular flexibility index (Phi) is 6.86. The molecule has 2 aliphatic heterocycles. The average molecular weight is 386 g/mol. The third-order valence-electron chi connectivity index (χ3n) is 5.24. The largest absolute Gasteiger partial charge is 0.490 e. The lowest BCUT2D eigenvalue weighted by Gasteiger charge is -2.38. The first-order valence-electron chi connectivity index (χ1n) is 8.97. The minimum Gasteiger partial charge on any atom is -0.475 e. The van der Waals surface area contributed by atoms with Gasteiger partial charge in [-0.05, 0) is 44.8 Å². The predicted molar refractivity (Wildman–Crippen MR) is 94.0 cm³/mol. The monoisotopic (exact) mass is 386 g/mol. The molecule has 1 aromatic rings. The molecule has 2 heterocycles. The molecule has 2 fully saturated rings. The van der Waals surface area contributed by atoms with Gasteiger partial charge in [-0.3, -0.25) is 4.79 Å². The van der Waals surface area contributed by atoms with Crippen LogP contribution < -0.4 is 0 Å². The van der Waals surface area contributed by atoms with Gasteiger partial charge in [-0.15, -0.1) is 0 Å². The van der Waals surface area contributed by atoms with E-state index in [2.05, 4.69) is 41.1 Å². The molecule has 5 nitrogen and oxygen atoms in total. The zero-order valence-electron chi connectivity index (χ0n) is 15.3. The van der Waals surface area contributed by atoms with Crippen LogP contribution >= 0.6 is 0 Å². The molecule has 1 N–H and O–H groups in total. The summed E-state index contributed by atoms with van der Waals surface area (Å²) in [5.74, 6) is -2.41. The molecule has 0 aromatic heterocycles. The Morgan fingerprint density at radius 3 is 2.37 bits per heavy atom. The number of hydrogen-bond donors (Lipinski definition) is 1. The number of alkyl halides is 3. The quantitative estimate of drug-likeness (QED) is 0.847. The third kappa shape index (κ3) is 5.69. The van der Waals surface area contributed by atoms with Gasteiger partial charge < -0.3 is 14.9 Å². The van der Waals surface area contributed by atoms with E-state index in [-0.39, 0.29) is 5.54 Å². The summed E-state index contributed by atoms with van der Waals surface area (Å²) in [5, 5.41) is 7.12. The fraction of sp³-hybridized carbons (Fsp3) is 0.579. The second-order valence-electron chi connectivity index (χ2n) is 7.15. The summed E-state index contributed by atoms with van der Waals surface area (Å²) in [6, 6.07) is 10.4. The van der Waals surface area contributed by atoms with Crippen molar-refractivity contribution in [1.29, 1.82) is 0 Å². The minimum absolute atomic E-state index is 0.123. The van der Waals surface area contributed by atoms with Gasteiger partial charge in [-0.2, -0.15) is 13.2 Å². The second-order valence-corrected chi connectivity index (χ2v) is 7.15. The van der Waals surface area contributed by atoms with Crippen molar-refractivity contribution in [2.45, 2.75) is 50.4 Å². The van der Waals surface area contributed by atoms with Gasteiger partial charge in [0.15, 0.2) is 0 Å². The van der Waals surface area contributed by atoms with Gasteiger partial charge in [-0.1, -0.05) is 30.3 Å². The molecule has 1 amide bonds. The summed E-state index contributed by atoms with van der Waals surface area (Å²) in [6.45, 7) is 3.05. The predicted octanol–water partition coefficient (Wildman–Crippen LogP) is 3.30. The van der Waals surface area contributed by atoms with E-state index >= 15 is 0 Å². The summed E-state index contributed by atoms with van der Waals surface area (Å²) in [4.78, 5) is 25.8. The Morgan fingerprint density at radius 2 is 1.78 bits per heavy atom. The molecule has 2 aliphatic rings. The zero-order chi connectivity index (χ0) is 20.1. The van der Waals surface area contributed by atoms with Crippen LogP contribution in [0.2, 0.25) is 0 Å². The highest BCUT2D eigenvalue weighted by Crippen LogP contribution is 2.39. The number of benzene rings is 1. The normalized spacial score (nSPS) is 23.7. The van der Waals surface area contributed by atoms with Gasteiger partial charge in [0.1, 0.15) is 0 Å². The molecule has 8 heteroatoms. The van der Waals surface area contributed by atoms with Crippen LogP contribution in [-0.4, -0.2) is 58.6 Å². The molecule has 2 saturated heterocycles. The molecule has 1 aromatic carbocycles. The molecule has 0 aliphatic carbocycles. The summed E-state index contributed by atoms with van der Waals surface area (Å²) >= 11 is 0. The number of rotatable bonds is 2. The van der Waals surface area contributed by atoms with Crippen LogP contribution in [0.3, 0.4) is 0 Å². The van der Waals surface area contributed by atoms with Crippen molar-refractivity contribution in [1.82, 2.24) is 9.80 Å². The Labute approximate surface area is 156 Å². The maximum Gasteiger partial charge on any atom is 0.490 e. The third-order valence-corrected chi connectivity index (χ3v) is 5.24. The van der Waals surface area contributed by atoms with Crippen molar-refractivity contribution >= 4 is 11.9 Å². The van der Waals surface area contributed by atoms with E-state index < -0.39 is 12.1 Å². The molecular weight excluding hydrogens is 361 g/mol. The van der Waals surface area contributed by atoms with Crippen LogP contribution in [0.15, 0.2) is 30.3 Å². The van der Waals surface area contributed by atoms with Crippen molar-refractivity contribution < 1.29 is 27.9 Å². The summed E-state index contributed by atoms with van der Waals surface area (Å²) < 4.78 is 31.7. The van der Waals surface area contributed by atoms with Crippen LogP contribution in [0, 0.1) is 0 Å². The van der Waals surface area contributed by atoms with E-state index in [1.54, 1.807) is 0 Å². The number of carboxylic acids is 1. The lowest BCUT2D eigenvalue weighted by molar-refractivity contribution is -0.192. The van der Waals surface area contributed by atoms with Crippen molar-refractivity contribution in [2.24, 2.45) is 0 Å². The molecule has 1 unspecified atom stereocenters. The molecular formula is C19H25F3N2O3. The molecule has 0 bridgehead atoms. The number of halogens is 3. The van der Waals surface area contributed by atoms with Crippen LogP contribution in [0.4, 0.5) is 13.2 Å². The number of carbonyl (C=O) groups is 2. The second kappa shape index (κ2) is 8.73. The van der Waals surface area contributed by atoms with Gasteiger partial charge in [-0.25, -0.2) is 4.79 Å². The SMILES string of the molecule is CN1CCCC2(CCC(=O)N2Cc2ccccc2)CC1.O=C(O)C(F)(F)F. The first-order valence-corrected chi connectivity index (χ1v) is 8.97. The highest BCUT2D eigenvalue weighted by Gasteiger charge is 2.45. The van der Waals surface area contributed by atoms with Gasteiger partial charge >= 0.3 is 12.1 Å². The highest BCUT2D eigenvalue weighted by molar-refractivity contribution is 5.79. The first-order chi connectivity index (χ1) is 12.6. The van der Waals surface area contributed by atoms with E-state index in [4.69, 9.17) is 9.90 Å². The highest BCUT2D eigenvalue weighted by atomic mass is 19.4. The summed E-state index contributed by atoms with van der Waals surface area (Å²) in [7, 11) is 2.19. The summed E-state index contributed by atoms with van der Waals surface area (Å²) in [6.07, 6.45) is 0.191. The number of likely N-dealkylation sites (tertiary alicyclic amines) is 2. The van der Waals surface area contributed by atoms with Crippen molar-refractivity contribution in [2.75, 3.05) is 20.1 Å². The van der Waals surface area contributed by atoms with Gasteiger partial charge in [0.2, 0.25) is 5.91 Å². The molecule has 27 heavy (non-hydrogen) atoms. The Bertz CT molecular complexity index is 651. The Hall–Kier alpha value is -2.09. The number of hydrogen-bond acceptors (Lipinski definition) is 3. The van der Waals surface area contributed by atoms with Crippen LogP contribution in [0.5, 0.6) is 0 Å².